The van der Waals surface area contributed by atoms with E-state index in [-0.39, 0.29) is 11.9 Å². The minimum absolute atomic E-state index is 0.122. The molecule has 0 fully saturated rings. The summed E-state index contributed by atoms with van der Waals surface area (Å²) in [7, 11) is 0. The van der Waals surface area contributed by atoms with Gasteiger partial charge in [-0.1, -0.05) is 6.92 Å². The van der Waals surface area contributed by atoms with Gasteiger partial charge in [-0.3, -0.25) is 10.2 Å². The lowest BCUT2D eigenvalue weighted by molar-refractivity contribution is -0.121. The number of hydrazine groups is 1. The molecule has 0 aliphatic carbocycles. The number of nitrogens with one attached hydrogen (secondary N) is 1. The van der Waals surface area contributed by atoms with E-state index >= 15 is 0 Å². The van der Waals surface area contributed by atoms with Crippen LogP contribution in [0.3, 0.4) is 0 Å². The van der Waals surface area contributed by atoms with Gasteiger partial charge in [0.05, 0.1) is 0 Å². The highest BCUT2D eigenvalue weighted by molar-refractivity contribution is 5.75. The molecule has 0 aromatic carbocycles. The highest BCUT2D eigenvalue weighted by Crippen LogP contribution is 1.96. The fourth-order valence-corrected chi connectivity index (χ4v) is 0.593. The number of hydrogen-bond donors (Lipinski definition) is 3. The van der Waals surface area contributed by atoms with Crippen LogP contribution in [-0.4, -0.2) is 11.9 Å². The third-order valence-corrected chi connectivity index (χ3v) is 1.43. The van der Waals surface area contributed by atoms with Crippen molar-refractivity contribution in [1.29, 1.82) is 0 Å². The maximum atomic E-state index is 10.5. The molecular formula is C6H15N3O. The summed E-state index contributed by atoms with van der Waals surface area (Å²) in [6, 6.07) is 0.122. The van der Waals surface area contributed by atoms with Crippen LogP contribution in [0, 0.1) is 0 Å². The second kappa shape index (κ2) is 5.20. The van der Waals surface area contributed by atoms with Gasteiger partial charge in [-0.2, -0.15) is 0 Å². The Labute approximate surface area is 60.9 Å². The Morgan fingerprint density at radius 3 is 2.70 bits per heavy atom. The Morgan fingerprint density at radius 2 is 2.30 bits per heavy atom. The first-order valence-electron chi connectivity index (χ1n) is 3.45. The summed E-state index contributed by atoms with van der Waals surface area (Å²) in [5.41, 5.74) is 7.61. The summed E-state index contributed by atoms with van der Waals surface area (Å²) >= 11 is 0. The quantitative estimate of drug-likeness (QED) is 0.283. The molecule has 0 aliphatic rings. The maximum absolute atomic E-state index is 10.5. The highest BCUT2D eigenvalue weighted by atomic mass is 16.2. The van der Waals surface area contributed by atoms with E-state index in [0.717, 1.165) is 6.42 Å². The number of rotatable bonds is 4. The predicted molar refractivity (Wildman–Crippen MR) is 39.8 cm³/mol. The molecule has 0 aromatic heterocycles. The molecule has 4 heteroatoms. The van der Waals surface area contributed by atoms with E-state index in [1.807, 2.05) is 12.3 Å². The van der Waals surface area contributed by atoms with Crippen LogP contribution < -0.4 is 17.0 Å². The third-order valence-electron chi connectivity index (χ3n) is 1.43. The number of amides is 1. The normalized spacial score (nSPS) is 12.7. The van der Waals surface area contributed by atoms with Crippen LogP contribution in [0.4, 0.5) is 0 Å². The van der Waals surface area contributed by atoms with E-state index in [2.05, 4.69) is 0 Å². The molecule has 4 nitrogen and oxygen atoms in total. The Kier molecular flexibility index (Phi) is 4.88. The van der Waals surface area contributed by atoms with Crippen molar-refractivity contribution in [2.24, 2.45) is 11.6 Å². The lowest BCUT2D eigenvalue weighted by atomic mass is 10.1. The van der Waals surface area contributed by atoms with Crippen LogP contribution in [0.15, 0.2) is 0 Å². The summed E-state index contributed by atoms with van der Waals surface area (Å²) in [5, 5.41) is 0. The van der Waals surface area contributed by atoms with Crippen LogP contribution in [-0.2, 0) is 4.79 Å². The Hall–Kier alpha value is -0.610. The molecule has 0 saturated carbocycles. The van der Waals surface area contributed by atoms with Crippen LogP contribution >= 0.6 is 0 Å². The van der Waals surface area contributed by atoms with Crippen molar-refractivity contribution in [1.82, 2.24) is 5.43 Å². The van der Waals surface area contributed by atoms with Crippen LogP contribution in [0.5, 0.6) is 0 Å². The standard InChI is InChI=1S/C6H15N3O/c1-2-5(7)3-4-6(10)9-8/h5H,2-4,7-8H2,1H3,(H,9,10). The number of carbonyl (C=O) groups excluding carboxylic acids is 1. The number of hydrogen-bond acceptors (Lipinski definition) is 3. The topological polar surface area (TPSA) is 81.1 Å². The molecule has 0 saturated heterocycles. The lowest BCUT2D eigenvalue weighted by Crippen LogP contribution is -2.31. The van der Waals surface area contributed by atoms with E-state index in [4.69, 9.17) is 11.6 Å². The van der Waals surface area contributed by atoms with Gasteiger partial charge in [0, 0.05) is 12.5 Å². The van der Waals surface area contributed by atoms with Gasteiger partial charge in [0.2, 0.25) is 5.91 Å². The van der Waals surface area contributed by atoms with Gasteiger partial charge in [0.15, 0.2) is 0 Å². The zero-order chi connectivity index (χ0) is 7.98. The van der Waals surface area contributed by atoms with Gasteiger partial charge in [0.1, 0.15) is 0 Å². The molecule has 5 N–H and O–H groups in total. The second-order valence-electron chi connectivity index (χ2n) is 2.27. The molecule has 0 radical (unpaired) electrons. The smallest absolute Gasteiger partial charge is 0.233 e. The molecule has 0 rings (SSSR count). The second-order valence-corrected chi connectivity index (χ2v) is 2.27. The van der Waals surface area contributed by atoms with Gasteiger partial charge in [0.25, 0.3) is 0 Å². The highest BCUT2D eigenvalue weighted by Gasteiger charge is 2.02. The molecule has 0 aromatic rings. The van der Waals surface area contributed by atoms with E-state index in [0.29, 0.717) is 12.8 Å². The molecule has 60 valence electrons. The zero-order valence-electron chi connectivity index (χ0n) is 6.26. The first kappa shape index (κ1) is 9.39. The Bertz CT molecular complexity index is 105. The summed E-state index contributed by atoms with van der Waals surface area (Å²) < 4.78 is 0. The zero-order valence-corrected chi connectivity index (χ0v) is 6.26. The molecule has 10 heavy (non-hydrogen) atoms. The summed E-state index contributed by atoms with van der Waals surface area (Å²) in [6.45, 7) is 1.99. The Balaban J connectivity index is 3.26. The summed E-state index contributed by atoms with van der Waals surface area (Å²) in [6.07, 6.45) is 2.03. The minimum atomic E-state index is -0.149. The van der Waals surface area contributed by atoms with E-state index in [1.165, 1.54) is 0 Å². The van der Waals surface area contributed by atoms with Crippen molar-refractivity contribution in [2.45, 2.75) is 32.2 Å². The Morgan fingerprint density at radius 1 is 1.70 bits per heavy atom. The first-order chi connectivity index (χ1) is 4.70. The average Bonchev–Trinajstić information content (AvgIpc) is 1.99. The van der Waals surface area contributed by atoms with Crippen molar-refractivity contribution in [2.75, 3.05) is 0 Å². The van der Waals surface area contributed by atoms with Gasteiger partial charge in [-0.25, -0.2) is 5.84 Å². The van der Waals surface area contributed by atoms with E-state index in [9.17, 15) is 4.79 Å². The van der Waals surface area contributed by atoms with Crippen LogP contribution in [0.25, 0.3) is 0 Å². The minimum Gasteiger partial charge on any atom is -0.328 e. The van der Waals surface area contributed by atoms with Gasteiger partial charge in [-0.15, -0.1) is 0 Å². The van der Waals surface area contributed by atoms with Crippen molar-refractivity contribution in [3.8, 4) is 0 Å². The average molecular weight is 145 g/mol. The van der Waals surface area contributed by atoms with Crippen LogP contribution in [0.1, 0.15) is 26.2 Å². The third kappa shape index (κ3) is 4.29. The number of nitrogens with two attached hydrogens (primary N) is 2. The van der Waals surface area contributed by atoms with E-state index < -0.39 is 0 Å². The SMILES string of the molecule is CCC(N)CCC(=O)NN. The molecular weight excluding hydrogens is 130 g/mol. The van der Waals surface area contributed by atoms with Crippen molar-refractivity contribution >= 4 is 5.91 Å². The summed E-state index contributed by atoms with van der Waals surface area (Å²) in [4.78, 5) is 10.5. The molecule has 1 unspecified atom stereocenters. The van der Waals surface area contributed by atoms with Gasteiger partial charge >= 0.3 is 0 Å². The van der Waals surface area contributed by atoms with Crippen molar-refractivity contribution < 1.29 is 4.79 Å². The monoisotopic (exact) mass is 145 g/mol. The van der Waals surface area contributed by atoms with E-state index in [1.54, 1.807) is 0 Å². The molecule has 0 aliphatic heterocycles. The van der Waals surface area contributed by atoms with Crippen molar-refractivity contribution in [3.05, 3.63) is 0 Å². The first-order valence-corrected chi connectivity index (χ1v) is 3.45. The lowest BCUT2D eigenvalue weighted by Gasteiger charge is -2.05. The fraction of sp³-hybridized carbons (Fsp3) is 0.833. The largest absolute Gasteiger partial charge is 0.328 e. The molecule has 0 heterocycles. The number of carbonyl (C=O) groups is 1. The molecule has 1 amide bonds. The predicted octanol–water partition coefficient (Wildman–Crippen LogP) is -0.506. The summed E-state index contributed by atoms with van der Waals surface area (Å²) in [5.74, 6) is 4.71. The van der Waals surface area contributed by atoms with Crippen molar-refractivity contribution in [3.63, 3.8) is 0 Å². The van der Waals surface area contributed by atoms with Gasteiger partial charge < -0.3 is 5.73 Å². The fourth-order valence-electron chi connectivity index (χ4n) is 0.593. The van der Waals surface area contributed by atoms with Gasteiger partial charge in [-0.05, 0) is 12.8 Å². The molecule has 0 spiro atoms. The van der Waals surface area contributed by atoms with Crippen LogP contribution in [0.2, 0.25) is 0 Å². The maximum Gasteiger partial charge on any atom is 0.233 e. The molecule has 0 bridgehead atoms. The molecule has 1 atom stereocenters.